The first-order valence-corrected chi connectivity index (χ1v) is 10.1. The van der Waals surface area contributed by atoms with Crippen LogP contribution in [0.3, 0.4) is 0 Å². The monoisotopic (exact) mass is 333 g/mol. The van der Waals surface area contributed by atoms with E-state index in [9.17, 15) is 0 Å². The summed E-state index contributed by atoms with van der Waals surface area (Å²) in [7, 11) is -0.954. The smallest absolute Gasteiger partial charge is 0.157 e. The second-order valence-corrected chi connectivity index (χ2v) is 9.13. The summed E-state index contributed by atoms with van der Waals surface area (Å²) in [6.45, 7) is 0.208. The van der Waals surface area contributed by atoms with Gasteiger partial charge in [0.15, 0.2) is 8.80 Å². The second kappa shape index (κ2) is 6.36. The lowest BCUT2D eigenvalue weighted by molar-refractivity contribution is 0.299. The summed E-state index contributed by atoms with van der Waals surface area (Å²) in [6, 6.07) is 26.4. The van der Waals surface area contributed by atoms with Crippen LogP contribution in [0.25, 0.3) is 0 Å². The Morgan fingerprint density at radius 3 is 1.87 bits per heavy atom. The zero-order chi connectivity index (χ0) is 15.6. The number of rotatable bonds is 3. The summed E-state index contributed by atoms with van der Waals surface area (Å²) in [6.07, 6.45) is 0.728. The molecule has 0 spiro atoms. The van der Waals surface area contributed by atoms with Gasteiger partial charge in [0.05, 0.1) is 0 Å². The van der Waals surface area contributed by atoms with Crippen molar-refractivity contribution >= 4 is 36.1 Å². The Kier molecular flexibility index (Phi) is 4.08. The molecule has 0 aromatic heterocycles. The molecule has 1 radical (unpaired) electrons. The molecule has 1 nitrogen and oxygen atoms in total. The quantitative estimate of drug-likeness (QED) is 0.580. The van der Waals surface area contributed by atoms with E-state index in [1.54, 1.807) is 0 Å². The van der Waals surface area contributed by atoms with E-state index in [1.807, 2.05) is 11.8 Å². The lowest BCUT2D eigenvalue weighted by atomic mass is 10.2. The Balaban J connectivity index is 1.84. The predicted octanol–water partition coefficient (Wildman–Crippen LogP) is 2.20. The van der Waals surface area contributed by atoms with Crippen LogP contribution in [0.4, 0.5) is 0 Å². The van der Waals surface area contributed by atoms with E-state index < -0.39 is 8.80 Å². The maximum atomic E-state index is 9.10. The molecule has 1 aliphatic heterocycles. The molecule has 0 fully saturated rings. The molecular formula is C20H17OSSi. The highest BCUT2D eigenvalue weighted by Crippen LogP contribution is 2.29. The van der Waals surface area contributed by atoms with Crippen molar-refractivity contribution in [2.45, 2.75) is 16.2 Å². The molecule has 1 heterocycles. The van der Waals surface area contributed by atoms with Gasteiger partial charge < -0.3 is 5.11 Å². The molecule has 0 saturated heterocycles. The maximum Gasteiger partial charge on any atom is 0.157 e. The van der Waals surface area contributed by atoms with E-state index in [2.05, 4.69) is 72.8 Å². The molecule has 1 aliphatic rings. The molecule has 3 heteroatoms. The first kappa shape index (κ1) is 14.8. The van der Waals surface area contributed by atoms with Crippen LogP contribution in [0.5, 0.6) is 0 Å². The molecule has 4 rings (SSSR count). The molecule has 113 valence electrons. The topological polar surface area (TPSA) is 20.2 Å². The summed E-state index contributed by atoms with van der Waals surface area (Å²) in [5.41, 5.74) is 1.20. The van der Waals surface area contributed by atoms with E-state index >= 15 is 0 Å². The van der Waals surface area contributed by atoms with Gasteiger partial charge in [-0.05, 0) is 34.5 Å². The Hall–Kier alpha value is -1.81. The summed E-state index contributed by atoms with van der Waals surface area (Å²) in [5.74, 6) is 0. The largest absolute Gasteiger partial charge is 0.396 e. The van der Waals surface area contributed by atoms with Crippen molar-refractivity contribution in [1.82, 2.24) is 0 Å². The minimum atomic E-state index is -0.954. The minimum absolute atomic E-state index is 0.208. The molecule has 0 aliphatic carbocycles. The summed E-state index contributed by atoms with van der Waals surface area (Å²) in [4.78, 5) is 2.78. The van der Waals surface area contributed by atoms with Gasteiger partial charge in [-0.2, -0.15) is 0 Å². The predicted molar refractivity (Wildman–Crippen MR) is 98.9 cm³/mol. The van der Waals surface area contributed by atoms with Crippen molar-refractivity contribution in [3.05, 3.63) is 78.4 Å². The Bertz CT molecular complexity index is 784. The van der Waals surface area contributed by atoms with Crippen LogP contribution in [0, 0.1) is 0 Å². The van der Waals surface area contributed by atoms with Gasteiger partial charge in [-0.1, -0.05) is 77.6 Å². The maximum absolute atomic E-state index is 9.10. The third-order valence-corrected chi connectivity index (χ3v) is 8.55. The zero-order valence-electron chi connectivity index (χ0n) is 12.7. The molecule has 0 unspecified atom stereocenters. The van der Waals surface area contributed by atoms with Gasteiger partial charge in [0.25, 0.3) is 0 Å². The van der Waals surface area contributed by atoms with Gasteiger partial charge in [0, 0.05) is 16.4 Å². The van der Waals surface area contributed by atoms with Crippen molar-refractivity contribution in [3.8, 4) is 0 Å². The van der Waals surface area contributed by atoms with Crippen molar-refractivity contribution < 1.29 is 5.11 Å². The highest BCUT2D eigenvalue weighted by atomic mass is 32.2. The third kappa shape index (κ3) is 2.76. The van der Waals surface area contributed by atoms with Crippen molar-refractivity contribution in [3.63, 3.8) is 0 Å². The fraction of sp³-hybridized carbons (Fsp3) is 0.100. The first-order chi connectivity index (χ1) is 11.4. The summed E-state index contributed by atoms with van der Waals surface area (Å²) in [5, 5.41) is 13.5. The van der Waals surface area contributed by atoms with Crippen molar-refractivity contribution in [2.75, 3.05) is 6.61 Å². The number of benzene rings is 3. The zero-order valence-corrected chi connectivity index (χ0v) is 14.5. The van der Waals surface area contributed by atoms with E-state index in [0.717, 1.165) is 6.42 Å². The second-order valence-electron chi connectivity index (χ2n) is 5.64. The van der Waals surface area contributed by atoms with Gasteiger partial charge in [0.2, 0.25) is 0 Å². The van der Waals surface area contributed by atoms with Gasteiger partial charge >= 0.3 is 0 Å². The summed E-state index contributed by atoms with van der Waals surface area (Å²) < 4.78 is 0. The third-order valence-electron chi connectivity index (χ3n) is 4.18. The van der Waals surface area contributed by atoms with Gasteiger partial charge in [-0.25, -0.2) is 0 Å². The van der Waals surface area contributed by atoms with Crippen molar-refractivity contribution in [1.29, 1.82) is 0 Å². The SMILES string of the molecule is OCCc1ccc([Si]2c3ccccc3Sc3ccccc32)cc1. The van der Waals surface area contributed by atoms with E-state index in [1.165, 1.54) is 30.9 Å². The lowest BCUT2D eigenvalue weighted by Crippen LogP contribution is -2.55. The van der Waals surface area contributed by atoms with E-state index in [-0.39, 0.29) is 6.61 Å². The Morgan fingerprint density at radius 2 is 1.30 bits per heavy atom. The molecular weight excluding hydrogens is 316 g/mol. The van der Waals surface area contributed by atoms with Crippen LogP contribution >= 0.6 is 11.8 Å². The molecule has 0 bridgehead atoms. The number of hydrogen-bond acceptors (Lipinski definition) is 2. The molecule has 1 N–H and O–H groups in total. The average Bonchev–Trinajstić information content (AvgIpc) is 2.61. The van der Waals surface area contributed by atoms with Crippen LogP contribution < -0.4 is 15.6 Å². The molecule has 23 heavy (non-hydrogen) atoms. The normalized spacial score (nSPS) is 13.4. The van der Waals surface area contributed by atoms with Crippen LogP contribution in [0.1, 0.15) is 5.56 Å². The Labute approximate surface area is 142 Å². The van der Waals surface area contributed by atoms with E-state index in [4.69, 9.17) is 5.11 Å². The standard InChI is InChI=1S/C20H17OSSi/c21-14-13-15-9-11-16(12-10-15)23-19-7-3-1-5-17(19)22-18-6-2-4-8-20(18)23/h1-12,21H,13-14H2. The highest BCUT2D eigenvalue weighted by molar-refractivity contribution is 8.00. The highest BCUT2D eigenvalue weighted by Gasteiger charge is 2.28. The first-order valence-electron chi connectivity index (χ1n) is 7.80. The van der Waals surface area contributed by atoms with Crippen LogP contribution in [0.2, 0.25) is 0 Å². The molecule has 0 amide bonds. The van der Waals surface area contributed by atoms with Crippen LogP contribution in [-0.4, -0.2) is 20.5 Å². The molecule has 0 atom stereocenters. The molecule has 3 aromatic carbocycles. The van der Waals surface area contributed by atoms with Crippen LogP contribution in [-0.2, 0) is 6.42 Å². The minimum Gasteiger partial charge on any atom is -0.396 e. The van der Waals surface area contributed by atoms with Gasteiger partial charge in [-0.3, -0.25) is 0 Å². The number of hydrogen-bond donors (Lipinski definition) is 1. The summed E-state index contributed by atoms with van der Waals surface area (Å²) >= 11 is 1.88. The average molecular weight is 334 g/mol. The number of aliphatic hydroxyl groups is 1. The van der Waals surface area contributed by atoms with Gasteiger partial charge in [0.1, 0.15) is 0 Å². The molecule has 3 aromatic rings. The number of fused-ring (bicyclic) bond motifs is 2. The van der Waals surface area contributed by atoms with Crippen LogP contribution in [0.15, 0.2) is 82.6 Å². The van der Waals surface area contributed by atoms with E-state index in [0.29, 0.717) is 0 Å². The Morgan fingerprint density at radius 1 is 0.739 bits per heavy atom. The number of aliphatic hydroxyl groups excluding tert-OH is 1. The van der Waals surface area contributed by atoms with Gasteiger partial charge in [-0.15, -0.1) is 0 Å². The fourth-order valence-electron chi connectivity index (χ4n) is 3.07. The molecule has 0 saturated carbocycles. The lowest BCUT2D eigenvalue weighted by Gasteiger charge is -2.26. The fourth-order valence-corrected chi connectivity index (χ4v) is 7.47. The van der Waals surface area contributed by atoms with Crippen molar-refractivity contribution in [2.24, 2.45) is 0 Å².